The summed E-state index contributed by atoms with van der Waals surface area (Å²) in [6, 6.07) is 8.65. The van der Waals surface area contributed by atoms with Gasteiger partial charge in [-0.05, 0) is 24.3 Å². The SMILES string of the molecule is NC=C(C(=O)Nc1ccc(Oc2ccnc(N)c2Cl)c(F)c1)C(=Nc1ccccn1)C(F)(F)F. The van der Waals surface area contributed by atoms with Crippen LogP contribution < -0.4 is 21.5 Å². The minimum absolute atomic E-state index is 0.0266. The summed E-state index contributed by atoms with van der Waals surface area (Å²) in [5.74, 6) is -2.79. The number of aliphatic imine (C=N–C) groups is 1. The van der Waals surface area contributed by atoms with Crippen LogP contribution in [-0.4, -0.2) is 27.8 Å². The van der Waals surface area contributed by atoms with Crippen molar-refractivity contribution < 1.29 is 27.1 Å². The van der Waals surface area contributed by atoms with Crippen molar-refractivity contribution in [1.29, 1.82) is 0 Å². The molecule has 0 unspecified atom stereocenters. The summed E-state index contributed by atoms with van der Waals surface area (Å²) in [5, 5.41) is 2.11. The van der Waals surface area contributed by atoms with Gasteiger partial charge in [-0.2, -0.15) is 13.2 Å². The number of nitrogens with two attached hydrogens (primary N) is 2. The Labute approximate surface area is 194 Å². The number of ether oxygens (including phenoxy) is 1. The number of pyridine rings is 2. The maximum atomic E-state index is 14.5. The van der Waals surface area contributed by atoms with Gasteiger partial charge >= 0.3 is 6.18 Å². The van der Waals surface area contributed by atoms with Gasteiger partial charge < -0.3 is 21.5 Å². The summed E-state index contributed by atoms with van der Waals surface area (Å²) < 4.78 is 60.6. The zero-order chi connectivity index (χ0) is 24.9. The highest BCUT2D eigenvalue weighted by atomic mass is 35.5. The number of nitrogen functional groups attached to an aromatic ring is 1. The maximum Gasteiger partial charge on any atom is 0.434 e. The third-order valence-corrected chi connectivity index (χ3v) is 4.48. The number of benzene rings is 1. The Morgan fingerprint density at radius 2 is 1.88 bits per heavy atom. The number of anilines is 2. The number of carbonyl (C=O) groups is 1. The number of nitrogens with zero attached hydrogens (tertiary/aromatic N) is 3. The third-order valence-electron chi connectivity index (χ3n) is 4.10. The lowest BCUT2D eigenvalue weighted by molar-refractivity contribution is -0.113. The predicted molar refractivity (Wildman–Crippen MR) is 118 cm³/mol. The van der Waals surface area contributed by atoms with E-state index in [1.807, 2.05) is 0 Å². The molecule has 0 bridgehead atoms. The topological polar surface area (TPSA) is 129 Å². The molecule has 0 radical (unpaired) electrons. The van der Waals surface area contributed by atoms with E-state index >= 15 is 0 Å². The molecule has 0 aliphatic rings. The van der Waals surface area contributed by atoms with E-state index < -0.39 is 29.2 Å². The zero-order valence-electron chi connectivity index (χ0n) is 17.0. The number of amides is 1. The molecule has 5 N–H and O–H groups in total. The Bertz CT molecular complexity index is 1270. The zero-order valence-corrected chi connectivity index (χ0v) is 17.7. The van der Waals surface area contributed by atoms with Crippen LogP contribution in [0.15, 0.2) is 71.6 Å². The fourth-order valence-corrected chi connectivity index (χ4v) is 2.72. The second-order valence-corrected chi connectivity index (χ2v) is 6.81. The Hall–Kier alpha value is -4.19. The molecule has 176 valence electrons. The first-order valence-corrected chi connectivity index (χ1v) is 9.66. The van der Waals surface area contributed by atoms with E-state index in [0.29, 0.717) is 6.20 Å². The molecule has 0 saturated heterocycles. The molecule has 0 aliphatic carbocycles. The minimum atomic E-state index is -5.03. The van der Waals surface area contributed by atoms with Crippen LogP contribution >= 0.6 is 11.6 Å². The molecular weight excluding hydrogens is 480 g/mol. The lowest BCUT2D eigenvalue weighted by Gasteiger charge is -2.14. The molecule has 0 spiro atoms. The summed E-state index contributed by atoms with van der Waals surface area (Å²) in [5.41, 5.74) is 8.13. The number of aromatic nitrogens is 2. The number of rotatable bonds is 6. The molecular formula is C21H15ClF4N6O2. The number of halogens is 5. The van der Waals surface area contributed by atoms with Gasteiger partial charge in [-0.15, -0.1) is 0 Å². The smallest absolute Gasteiger partial charge is 0.434 e. The first-order valence-electron chi connectivity index (χ1n) is 9.28. The van der Waals surface area contributed by atoms with E-state index in [2.05, 4.69) is 20.3 Å². The predicted octanol–water partition coefficient (Wildman–Crippen LogP) is 4.76. The van der Waals surface area contributed by atoms with Gasteiger partial charge in [-0.25, -0.2) is 19.4 Å². The van der Waals surface area contributed by atoms with E-state index in [4.69, 9.17) is 27.8 Å². The highest BCUT2D eigenvalue weighted by Crippen LogP contribution is 2.34. The van der Waals surface area contributed by atoms with Crippen molar-refractivity contribution in [3.63, 3.8) is 0 Å². The van der Waals surface area contributed by atoms with E-state index in [-0.39, 0.29) is 33.8 Å². The maximum absolute atomic E-state index is 14.5. The number of nitrogens with one attached hydrogen (secondary N) is 1. The van der Waals surface area contributed by atoms with Crippen molar-refractivity contribution in [2.24, 2.45) is 10.7 Å². The average molecular weight is 495 g/mol. The van der Waals surface area contributed by atoms with Gasteiger partial charge in [-0.1, -0.05) is 17.7 Å². The van der Waals surface area contributed by atoms with Gasteiger partial charge in [0.15, 0.2) is 28.8 Å². The lowest BCUT2D eigenvalue weighted by atomic mass is 10.1. The number of alkyl halides is 3. The first-order chi connectivity index (χ1) is 16.1. The fraction of sp³-hybridized carbons (Fsp3) is 0.0476. The first kappa shape index (κ1) is 24.5. The molecule has 0 atom stereocenters. The molecule has 8 nitrogen and oxygen atoms in total. The van der Waals surface area contributed by atoms with Crippen LogP contribution in [-0.2, 0) is 4.79 Å². The summed E-state index contributed by atoms with van der Waals surface area (Å²) in [6.45, 7) is 0. The number of hydrogen-bond donors (Lipinski definition) is 3. The Morgan fingerprint density at radius 3 is 2.50 bits per heavy atom. The van der Waals surface area contributed by atoms with Crippen LogP contribution in [0.25, 0.3) is 0 Å². The van der Waals surface area contributed by atoms with Crippen LogP contribution in [0, 0.1) is 5.82 Å². The molecule has 0 saturated carbocycles. The standard InChI is InChI=1S/C21H15ClF4N6O2/c22-17-15(6-8-30-19(17)28)34-14-5-4-11(9-13(14)23)31-20(33)12(10-27)18(21(24,25)26)32-16-3-1-2-7-29-16/h1-10H,27H2,(H2,28,30)(H,31,33). The molecule has 1 aromatic carbocycles. The van der Waals surface area contributed by atoms with Gasteiger partial charge in [0, 0.05) is 36.4 Å². The van der Waals surface area contributed by atoms with Crippen LogP contribution in [0.2, 0.25) is 5.02 Å². The van der Waals surface area contributed by atoms with Crippen LogP contribution in [0.1, 0.15) is 0 Å². The summed E-state index contributed by atoms with van der Waals surface area (Å²) in [4.78, 5) is 23.4. The monoisotopic (exact) mass is 494 g/mol. The molecule has 2 aromatic heterocycles. The van der Waals surface area contributed by atoms with E-state index in [0.717, 1.165) is 12.1 Å². The van der Waals surface area contributed by atoms with Gasteiger partial charge in [0.25, 0.3) is 5.91 Å². The van der Waals surface area contributed by atoms with Crippen molar-refractivity contribution in [2.45, 2.75) is 6.18 Å². The average Bonchev–Trinajstić information content (AvgIpc) is 2.78. The largest absolute Gasteiger partial charge is 0.453 e. The summed E-state index contributed by atoms with van der Waals surface area (Å²) in [6.07, 6.45) is -2.05. The second kappa shape index (κ2) is 10.2. The van der Waals surface area contributed by atoms with Crippen molar-refractivity contribution in [1.82, 2.24) is 9.97 Å². The summed E-state index contributed by atoms with van der Waals surface area (Å²) >= 11 is 5.95. The minimum Gasteiger partial charge on any atom is -0.453 e. The normalized spacial score (nSPS) is 12.4. The molecule has 13 heteroatoms. The lowest BCUT2D eigenvalue weighted by Crippen LogP contribution is -2.32. The molecule has 34 heavy (non-hydrogen) atoms. The highest BCUT2D eigenvalue weighted by Gasteiger charge is 2.40. The van der Waals surface area contributed by atoms with E-state index in [1.54, 1.807) is 0 Å². The molecule has 1 amide bonds. The number of hydrogen-bond acceptors (Lipinski definition) is 7. The molecule has 0 fully saturated rings. The van der Waals surface area contributed by atoms with Crippen molar-refractivity contribution in [3.05, 3.63) is 77.5 Å². The van der Waals surface area contributed by atoms with Crippen LogP contribution in [0.4, 0.5) is 34.9 Å². The molecule has 2 heterocycles. The molecule has 3 rings (SSSR count). The fourth-order valence-electron chi connectivity index (χ4n) is 2.57. The van der Waals surface area contributed by atoms with E-state index in [9.17, 15) is 22.4 Å². The van der Waals surface area contributed by atoms with Crippen LogP contribution in [0.3, 0.4) is 0 Å². The Balaban J connectivity index is 1.84. The van der Waals surface area contributed by atoms with Crippen molar-refractivity contribution in [3.8, 4) is 11.5 Å². The Kier molecular flexibility index (Phi) is 7.31. The third kappa shape index (κ3) is 5.78. The van der Waals surface area contributed by atoms with Crippen molar-refractivity contribution in [2.75, 3.05) is 11.1 Å². The van der Waals surface area contributed by atoms with Crippen molar-refractivity contribution >= 4 is 40.5 Å². The Morgan fingerprint density at radius 1 is 1.12 bits per heavy atom. The van der Waals surface area contributed by atoms with E-state index in [1.165, 1.54) is 42.7 Å². The summed E-state index contributed by atoms with van der Waals surface area (Å²) in [7, 11) is 0. The highest BCUT2D eigenvalue weighted by molar-refractivity contribution is 6.34. The second-order valence-electron chi connectivity index (χ2n) is 6.44. The van der Waals surface area contributed by atoms with Gasteiger partial charge in [0.1, 0.15) is 10.8 Å². The molecule has 3 aromatic rings. The number of carbonyl (C=O) groups excluding carboxylic acids is 1. The quantitative estimate of drug-likeness (QED) is 0.257. The van der Waals surface area contributed by atoms with Gasteiger partial charge in [-0.3, -0.25) is 4.79 Å². The van der Waals surface area contributed by atoms with Gasteiger partial charge in [0.2, 0.25) is 0 Å². The molecule has 0 aliphatic heterocycles. The van der Waals surface area contributed by atoms with Gasteiger partial charge in [0.05, 0.1) is 5.57 Å². The van der Waals surface area contributed by atoms with Crippen LogP contribution in [0.5, 0.6) is 11.5 Å².